The van der Waals surface area contributed by atoms with Gasteiger partial charge in [-0.25, -0.2) is 9.97 Å². The van der Waals surface area contributed by atoms with Gasteiger partial charge in [0.15, 0.2) is 0 Å². The second-order valence-corrected chi connectivity index (χ2v) is 13.2. The van der Waals surface area contributed by atoms with Crippen molar-refractivity contribution >= 4 is 23.4 Å². The van der Waals surface area contributed by atoms with E-state index in [1.807, 2.05) is 24.8 Å². The van der Waals surface area contributed by atoms with E-state index in [9.17, 15) is 18.3 Å². The molecule has 0 unspecified atom stereocenters. The number of rotatable bonds is 5. The van der Waals surface area contributed by atoms with Crippen molar-refractivity contribution in [1.29, 1.82) is 0 Å². The summed E-state index contributed by atoms with van der Waals surface area (Å²) in [6.45, 7) is 6.14. The quantitative estimate of drug-likeness (QED) is 0.434. The SMILES string of the molecule is Cc1cc(SC2CC3(CCN(C)CC3)C2)ccc1Nc1ncc(C(F)(F)F)c(C2CCC(C)(O)CC2)n1. The Hall–Kier alpha value is -1.84. The van der Waals surface area contributed by atoms with E-state index in [0.717, 1.165) is 17.4 Å². The van der Waals surface area contributed by atoms with Crippen LogP contribution in [0.4, 0.5) is 24.8 Å². The highest BCUT2D eigenvalue weighted by Gasteiger charge is 2.45. The van der Waals surface area contributed by atoms with Crippen LogP contribution in [-0.4, -0.2) is 51.0 Å². The van der Waals surface area contributed by atoms with Crippen LogP contribution in [-0.2, 0) is 6.18 Å². The summed E-state index contributed by atoms with van der Waals surface area (Å²) in [7, 11) is 2.20. The highest BCUT2D eigenvalue weighted by Crippen LogP contribution is 2.54. The number of hydrogen-bond donors (Lipinski definition) is 2. The molecule has 0 radical (unpaired) electrons. The van der Waals surface area contributed by atoms with Crippen molar-refractivity contribution in [3.63, 3.8) is 0 Å². The molecule has 202 valence electrons. The number of anilines is 2. The first-order valence-electron chi connectivity index (χ1n) is 13.3. The number of aromatic nitrogens is 2. The molecule has 9 heteroatoms. The predicted molar refractivity (Wildman–Crippen MR) is 141 cm³/mol. The summed E-state index contributed by atoms with van der Waals surface area (Å²) < 4.78 is 41.2. The van der Waals surface area contributed by atoms with Crippen molar-refractivity contribution in [3.8, 4) is 0 Å². The van der Waals surface area contributed by atoms with Crippen LogP contribution in [0.25, 0.3) is 0 Å². The predicted octanol–water partition coefficient (Wildman–Crippen LogP) is 6.92. The van der Waals surface area contributed by atoms with Gasteiger partial charge in [0.05, 0.1) is 16.9 Å². The Morgan fingerprint density at radius 2 is 1.78 bits per heavy atom. The number of piperidine rings is 1. The Bertz CT molecular complexity index is 1110. The summed E-state index contributed by atoms with van der Waals surface area (Å²) in [6, 6.07) is 6.19. The number of halogens is 3. The molecule has 2 heterocycles. The number of alkyl halides is 3. The number of aliphatic hydroxyl groups is 1. The maximum Gasteiger partial charge on any atom is 0.419 e. The highest BCUT2D eigenvalue weighted by atomic mass is 32.2. The molecule has 5 rings (SSSR count). The normalized spacial score (nSPS) is 26.7. The average molecular weight is 535 g/mol. The summed E-state index contributed by atoms with van der Waals surface area (Å²) in [6.07, 6.45) is 3.40. The van der Waals surface area contributed by atoms with Crippen molar-refractivity contribution in [2.24, 2.45) is 5.41 Å². The van der Waals surface area contributed by atoms with Crippen LogP contribution in [0.3, 0.4) is 0 Å². The minimum atomic E-state index is -4.52. The molecule has 2 saturated carbocycles. The van der Waals surface area contributed by atoms with Gasteiger partial charge in [-0.2, -0.15) is 13.2 Å². The first-order chi connectivity index (χ1) is 17.4. The summed E-state index contributed by atoms with van der Waals surface area (Å²) in [5, 5.41) is 14.1. The van der Waals surface area contributed by atoms with Crippen LogP contribution in [0.1, 0.15) is 81.0 Å². The monoisotopic (exact) mass is 534 g/mol. The molecule has 1 spiro atoms. The zero-order valence-electron chi connectivity index (χ0n) is 21.9. The molecule has 1 aromatic heterocycles. The van der Waals surface area contributed by atoms with Crippen LogP contribution in [0.5, 0.6) is 0 Å². The van der Waals surface area contributed by atoms with Crippen molar-refractivity contribution in [2.45, 2.75) is 93.1 Å². The third kappa shape index (κ3) is 6.09. The first-order valence-corrected chi connectivity index (χ1v) is 14.2. The van der Waals surface area contributed by atoms with Crippen molar-refractivity contribution in [2.75, 3.05) is 25.5 Å². The van der Waals surface area contributed by atoms with Crippen molar-refractivity contribution in [1.82, 2.24) is 14.9 Å². The Morgan fingerprint density at radius 1 is 1.11 bits per heavy atom. The maximum absolute atomic E-state index is 13.7. The molecule has 0 amide bonds. The van der Waals surface area contributed by atoms with Gasteiger partial charge >= 0.3 is 6.18 Å². The largest absolute Gasteiger partial charge is 0.419 e. The highest BCUT2D eigenvalue weighted by molar-refractivity contribution is 8.00. The van der Waals surface area contributed by atoms with Gasteiger partial charge in [-0.05, 0) is 115 Å². The van der Waals surface area contributed by atoms with E-state index in [1.165, 1.54) is 43.7 Å². The second kappa shape index (κ2) is 10.0. The number of thioether (sulfide) groups is 1. The van der Waals surface area contributed by atoms with Crippen LogP contribution < -0.4 is 5.32 Å². The number of nitrogens with one attached hydrogen (secondary N) is 1. The Balaban J connectivity index is 1.26. The number of hydrogen-bond acceptors (Lipinski definition) is 6. The molecule has 37 heavy (non-hydrogen) atoms. The van der Waals surface area contributed by atoms with Crippen molar-refractivity contribution < 1.29 is 18.3 Å². The fraction of sp³-hybridized carbons (Fsp3) is 0.643. The van der Waals surface area contributed by atoms with Gasteiger partial charge in [0.25, 0.3) is 0 Å². The second-order valence-electron chi connectivity index (χ2n) is 11.8. The zero-order chi connectivity index (χ0) is 26.4. The molecule has 1 saturated heterocycles. The fourth-order valence-electron chi connectivity index (χ4n) is 6.15. The Kier molecular flexibility index (Phi) is 7.26. The average Bonchev–Trinajstić information content (AvgIpc) is 2.80. The molecular weight excluding hydrogens is 497 g/mol. The van der Waals surface area contributed by atoms with Gasteiger partial charge < -0.3 is 15.3 Å². The molecule has 0 bridgehead atoms. The minimum absolute atomic E-state index is 0.0261. The van der Waals surface area contributed by atoms with Gasteiger partial charge in [-0.1, -0.05) is 0 Å². The lowest BCUT2D eigenvalue weighted by Crippen LogP contribution is -2.47. The van der Waals surface area contributed by atoms with E-state index >= 15 is 0 Å². The first kappa shape index (κ1) is 26.8. The number of benzene rings is 1. The molecule has 2 aliphatic carbocycles. The smallest absolute Gasteiger partial charge is 0.390 e. The molecule has 2 N–H and O–H groups in total. The third-order valence-electron chi connectivity index (χ3n) is 8.69. The summed E-state index contributed by atoms with van der Waals surface area (Å²) in [5.74, 6) is -0.178. The lowest BCUT2D eigenvalue weighted by Gasteiger charge is -2.51. The van der Waals surface area contributed by atoms with Crippen LogP contribution in [0.2, 0.25) is 0 Å². The number of nitrogens with zero attached hydrogens (tertiary/aromatic N) is 3. The van der Waals surface area contributed by atoms with E-state index in [4.69, 9.17) is 0 Å². The lowest BCUT2D eigenvalue weighted by molar-refractivity contribution is -0.139. The van der Waals surface area contributed by atoms with Gasteiger partial charge in [0.2, 0.25) is 5.95 Å². The number of likely N-dealkylation sites (tertiary alicyclic amines) is 1. The minimum Gasteiger partial charge on any atom is -0.390 e. The molecule has 3 fully saturated rings. The van der Waals surface area contributed by atoms with Crippen molar-refractivity contribution in [3.05, 3.63) is 41.2 Å². The topological polar surface area (TPSA) is 61.3 Å². The fourth-order valence-corrected chi connectivity index (χ4v) is 7.80. The Labute approximate surface area is 221 Å². The van der Waals surface area contributed by atoms with Gasteiger partial charge in [0.1, 0.15) is 0 Å². The summed E-state index contributed by atoms with van der Waals surface area (Å²) in [5.41, 5.74) is 0.771. The maximum atomic E-state index is 13.7. The lowest BCUT2D eigenvalue weighted by atomic mass is 9.63. The van der Waals surface area contributed by atoms with E-state index in [0.29, 0.717) is 36.3 Å². The molecular formula is C28H37F3N4OS. The standard InChI is InChI=1S/C28H37F3N4OS/c1-18-14-20(37-21-15-27(16-21)10-12-35(3)13-11-27)4-5-23(18)33-25-32-17-22(28(29,30)31)24(34-25)19-6-8-26(2,36)9-7-19/h4-5,14,17,19,21,36H,6-13,15-16H2,1-3H3,(H,32,33,34). The molecule has 3 aliphatic rings. The van der Waals surface area contributed by atoms with Crippen LogP contribution in [0.15, 0.2) is 29.3 Å². The van der Waals surface area contributed by atoms with Gasteiger partial charge in [0, 0.05) is 27.9 Å². The van der Waals surface area contributed by atoms with E-state index in [1.54, 1.807) is 6.92 Å². The van der Waals surface area contributed by atoms with E-state index < -0.39 is 17.3 Å². The molecule has 1 aliphatic heterocycles. The molecule has 5 nitrogen and oxygen atoms in total. The summed E-state index contributed by atoms with van der Waals surface area (Å²) in [4.78, 5) is 12.0. The molecule has 0 atom stereocenters. The zero-order valence-corrected chi connectivity index (χ0v) is 22.7. The number of aryl methyl sites for hydroxylation is 1. The molecule has 1 aromatic carbocycles. The van der Waals surface area contributed by atoms with Gasteiger partial charge in [-0.3, -0.25) is 0 Å². The third-order valence-corrected chi connectivity index (χ3v) is 9.88. The molecule has 2 aromatic rings. The Morgan fingerprint density at radius 3 is 2.41 bits per heavy atom. The van der Waals surface area contributed by atoms with Crippen LogP contribution >= 0.6 is 11.8 Å². The summed E-state index contributed by atoms with van der Waals surface area (Å²) >= 11 is 1.94. The van der Waals surface area contributed by atoms with E-state index in [2.05, 4.69) is 39.4 Å². The van der Waals surface area contributed by atoms with Crippen LogP contribution in [0, 0.1) is 12.3 Å². The van der Waals surface area contributed by atoms with Gasteiger partial charge in [-0.15, -0.1) is 11.8 Å². The van der Waals surface area contributed by atoms with E-state index in [-0.39, 0.29) is 17.6 Å².